The Morgan fingerprint density at radius 2 is 1.78 bits per heavy atom. The second-order valence-electron chi connectivity index (χ2n) is 4.09. The monoisotopic (exact) mass is 269 g/mol. The first-order chi connectivity index (χ1) is 8.55. The summed E-state index contributed by atoms with van der Waals surface area (Å²) in [5, 5.41) is 0. The van der Waals surface area contributed by atoms with Crippen molar-refractivity contribution >= 4 is 15.8 Å². The van der Waals surface area contributed by atoms with Gasteiger partial charge in [0.2, 0.25) is 10.0 Å². The Labute approximate surface area is 106 Å². The molecule has 18 heavy (non-hydrogen) atoms. The second-order valence-corrected chi connectivity index (χ2v) is 6.00. The van der Waals surface area contributed by atoms with Gasteiger partial charge in [0.15, 0.2) is 0 Å². The predicted molar refractivity (Wildman–Crippen MR) is 66.0 cm³/mol. The maximum atomic E-state index is 12.4. The highest BCUT2D eigenvalue weighted by atomic mass is 32.2. The number of methoxy groups -OCH3 is 1. The van der Waals surface area contributed by atoms with Crippen LogP contribution in [-0.4, -0.2) is 38.7 Å². The van der Waals surface area contributed by atoms with Gasteiger partial charge in [-0.15, -0.1) is 0 Å². The van der Waals surface area contributed by atoms with E-state index in [1.807, 2.05) is 0 Å². The van der Waals surface area contributed by atoms with E-state index in [4.69, 9.17) is 4.74 Å². The van der Waals surface area contributed by atoms with Gasteiger partial charge in [0.25, 0.3) is 0 Å². The second kappa shape index (κ2) is 5.07. The zero-order valence-electron chi connectivity index (χ0n) is 10.1. The molecule has 0 aliphatic carbocycles. The molecule has 5 nitrogen and oxygen atoms in total. The van der Waals surface area contributed by atoms with E-state index in [9.17, 15) is 13.2 Å². The number of rotatable bonds is 3. The van der Waals surface area contributed by atoms with Crippen LogP contribution in [0.4, 0.5) is 0 Å². The van der Waals surface area contributed by atoms with Gasteiger partial charge in [-0.25, -0.2) is 8.42 Å². The summed E-state index contributed by atoms with van der Waals surface area (Å²) in [6.45, 7) is 0.498. The number of carbonyl (C=O) groups is 1. The van der Waals surface area contributed by atoms with Gasteiger partial charge in [-0.3, -0.25) is 4.79 Å². The molecule has 0 amide bonds. The lowest BCUT2D eigenvalue weighted by Gasteiger charge is -2.25. The molecule has 0 atom stereocenters. The topological polar surface area (TPSA) is 63.7 Å². The molecule has 1 aromatic carbocycles. The molecule has 0 bridgehead atoms. The molecule has 98 valence electrons. The highest BCUT2D eigenvalue weighted by Crippen LogP contribution is 2.27. The number of carbonyl (C=O) groups excluding carboxylic acids is 1. The van der Waals surface area contributed by atoms with Gasteiger partial charge in [0, 0.05) is 25.9 Å². The van der Waals surface area contributed by atoms with Crippen LogP contribution in [0.5, 0.6) is 5.75 Å². The number of piperidine rings is 1. The van der Waals surface area contributed by atoms with Crippen molar-refractivity contribution in [3.63, 3.8) is 0 Å². The highest BCUT2D eigenvalue weighted by molar-refractivity contribution is 7.89. The van der Waals surface area contributed by atoms with Crippen LogP contribution in [0.25, 0.3) is 0 Å². The molecule has 1 aliphatic heterocycles. The van der Waals surface area contributed by atoms with Crippen molar-refractivity contribution in [2.24, 2.45) is 0 Å². The van der Waals surface area contributed by atoms with Crippen LogP contribution in [0, 0.1) is 0 Å². The number of ether oxygens (including phenoxy) is 1. The Balaban J connectivity index is 2.33. The first-order valence-corrected chi connectivity index (χ1v) is 7.14. The lowest BCUT2D eigenvalue weighted by Crippen LogP contribution is -2.38. The van der Waals surface area contributed by atoms with E-state index in [2.05, 4.69) is 0 Å². The maximum Gasteiger partial charge on any atom is 0.246 e. The molecule has 1 heterocycles. The summed E-state index contributed by atoms with van der Waals surface area (Å²) in [5.41, 5.74) is 0. The fourth-order valence-electron chi connectivity index (χ4n) is 1.95. The van der Waals surface area contributed by atoms with Gasteiger partial charge >= 0.3 is 0 Å². The molecule has 0 spiro atoms. The first-order valence-electron chi connectivity index (χ1n) is 5.70. The number of hydrogen-bond acceptors (Lipinski definition) is 4. The molecule has 0 unspecified atom stereocenters. The molecule has 2 rings (SSSR count). The van der Waals surface area contributed by atoms with E-state index in [1.54, 1.807) is 18.2 Å². The molecule has 0 aromatic heterocycles. The number of sulfonamides is 1. The lowest BCUT2D eigenvalue weighted by atomic mass is 10.1. The van der Waals surface area contributed by atoms with E-state index in [0.717, 1.165) is 0 Å². The van der Waals surface area contributed by atoms with Crippen molar-refractivity contribution < 1.29 is 17.9 Å². The number of Topliss-reactive ketones (excluding diaryl/α,β-unsaturated/α-hetero) is 1. The largest absolute Gasteiger partial charge is 0.495 e. The average Bonchev–Trinajstić information content (AvgIpc) is 2.39. The minimum absolute atomic E-state index is 0.112. The van der Waals surface area contributed by atoms with Crippen LogP contribution >= 0.6 is 0 Å². The van der Waals surface area contributed by atoms with Gasteiger partial charge < -0.3 is 4.74 Å². The molecule has 0 saturated carbocycles. The van der Waals surface area contributed by atoms with Gasteiger partial charge in [-0.2, -0.15) is 4.31 Å². The van der Waals surface area contributed by atoms with Crippen LogP contribution in [-0.2, 0) is 14.8 Å². The van der Waals surface area contributed by atoms with Crippen LogP contribution in [0.15, 0.2) is 29.2 Å². The van der Waals surface area contributed by atoms with Crippen LogP contribution < -0.4 is 4.74 Å². The quantitative estimate of drug-likeness (QED) is 0.822. The van der Waals surface area contributed by atoms with Crippen molar-refractivity contribution in [3.05, 3.63) is 24.3 Å². The Kier molecular flexibility index (Phi) is 3.68. The minimum atomic E-state index is -3.57. The molecular weight excluding hydrogens is 254 g/mol. The summed E-state index contributed by atoms with van der Waals surface area (Å²) < 4.78 is 31.2. The molecular formula is C12H15NO4S. The summed E-state index contributed by atoms with van der Waals surface area (Å²) in [5.74, 6) is 0.441. The van der Waals surface area contributed by atoms with Crippen molar-refractivity contribution in [2.45, 2.75) is 17.7 Å². The number of nitrogens with zero attached hydrogens (tertiary/aromatic N) is 1. The van der Waals surface area contributed by atoms with Gasteiger partial charge in [0.1, 0.15) is 16.4 Å². The smallest absolute Gasteiger partial charge is 0.246 e. The van der Waals surface area contributed by atoms with Crippen molar-refractivity contribution in [1.29, 1.82) is 0 Å². The normalized spacial score (nSPS) is 17.7. The van der Waals surface area contributed by atoms with Gasteiger partial charge in [-0.05, 0) is 12.1 Å². The molecule has 0 N–H and O–H groups in total. The molecule has 1 saturated heterocycles. The fraction of sp³-hybridized carbons (Fsp3) is 0.417. The van der Waals surface area contributed by atoms with Crippen molar-refractivity contribution in [2.75, 3.05) is 20.2 Å². The van der Waals surface area contributed by atoms with E-state index in [1.165, 1.54) is 17.5 Å². The molecule has 1 aliphatic rings. The van der Waals surface area contributed by atoms with Crippen molar-refractivity contribution in [3.8, 4) is 5.75 Å². The summed E-state index contributed by atoms with van der Waals surface area (Å²) in [6.07, 6.45) is 0.572. The zero-order valence-corrected chi connectivity index (χ0v) is 10.9. The van der Waals surface area contributed by atoms with E-state index in [-0.39, 0.29) is 36.6 Å². The number of hydrogen-bond donors (Lipinski definition) is 0. The molecule has 1 fully saturated rings. The third-order valence-corrected chi connectivity index (χ3v) is 4.91. The highest BCUT2D eigenvalue weighted by Gasteiger charge is 2.30. The van der Waals surface area contributed by atoms with Crippen molar-refractivity contribution in [1.82, 2.24) is 4.31 Å². The summed E-state index contributed by atoms with van der Waals surface area (Å²) in [4.78, 5) is 11.3. The fourth-order valence-corrected chi connectivity index (χ4v) is 3.54. The Hall–Kier alpha value is -1.40. The summed E-state index contributed by atoms with van der Waals surface area (Å²) >= 11 is 0. The Bertz CT molecular complexity index is 543. The van der Waals surface area contributed by atoms with Crippen LogP contribution in [0.1, 0.15) is 12.8 Å². The SMILES string of the molecule is COc1ccccc1S(=O)(=O)N1CCC(=O)CC1. The Morgan fingerprint density at radius 1 is 1.17 bits per heavy atom. The van der Waals surface area contributed by atoms with E-state index >= 15 is 0 Å². The lowest BCUT2D eigenvalue weighted by molar-refractivity contribution is -0.120. The molecule has 6 heteroatoms. The summed E-state index contributed by atoms with van der Waals surface area (Å²) in [6, 6.07) is 6.51. The average molecular weight is 269 g/mol. The van der Waals surface area contributed by atoms with Gasteiger partial charge in [-0.1, -0.05) is 12.1 Å². The third kappa shape index (κ3) is 2.39. The van der Waals surface area contributed by atoms with Crippen LogP contribution in [0.3, 0.4) is 0 Å². The maximum absolute atomic E-state index is 12.4. The standard InChI is InChI=1S/C12H15NO4S/c1-17-11-4-2-3-5-12(11)18(15,16)13-8-6-10(14)7-9-13/h2-5H,6-9H2,1H3. The summed E-state index contributed by atoms with van der Waals surface area (Å²) in [7, 11) is -2.13. The van der Waals surface area contributed by atoms with E-state index < -0.39 is 10.0 Å². The molecule has 0 radical (unpaired) electrons. The first kappa shape index (κ1) is 13.0. The van der Waals surface area contributed by atoms with E-state index in [0.29, 0.717) is 5.75 Å². The zero-order chi connectivity index (χ0) is 13.2. The number of ketones is 1. The number of para-hydroxylation sites is 1. The van der Waals surface area contributed by atoms with Gasteiger partial charge in [0.05, 0.1) is 7.11 Å². The van der Waals surface area contributed by atoms with Crippen LogP contribution in [0.2, 0.25) is 0 Å². The molecule has 1 aromatic rings. The minimum Gasteiger partial charge on any atom is -0.495 e. The predicted octanol–water partition coefficient (Wildman–Crippen LogP) is 1.05. The number of benzene rings is 1. The Morgan fingerprint density at radius 3 is 2.39 bits per heavy atom. The third-order valence-electron chi connectivity index (χ3n) is 2.97.